The van der Waals surface area contributed by atoms with Crippen LogP contribution in [0.3, 0.4) is 0 Å². The number of hydrogen-bond acceptors (Lipinski definition) is 2. The van der Waals surface area contributed by atoms with Crippen LogP contribution in [0.15, 0.2) is 24.3 Å². The summed E-state index contributed by atoms with van der Waals surface area (Å²) >= 11 is 2.25. The Morgan fingerprint density at radius 1 is 1.29 bits per heavy atom. The van der Waals surface area contributed by atoms with Gasteiger partial charge in [-0.15, -0.1) is 0 Å². The molecule has 4 heteroatoms. The first kappa shape index (κ1) is 12.8. The molecule has 1 N–H and O–H groups in total. The number of aliphatic carboxylic acids is 1. The summed E-state index contributed by atoms with van der Waals surface area (Å²) in [7, 11) is 0. The molecule has 1 atom stereocenters. The minimum atomic E-state index is -0.703. The molecule has 1 aromatic rings. The Morgan fingerprint density at radius 2 is 1.88 bits per heavy atom. The lowest BCUT2D eigenvalue weighted by Gasteiger charge is -2.23. The third kappa shape index (κ3) is 3.42. The number of carbonyl (C=O) groups is 1. The van der Waals surface area contributed by atoms with Crippen molar-refractivity contribution < 1.29 is 9.90 Å². The third-order valence-corrected chi connectivity index (χ3v) is 3.93. The molecule has 0 bridgehead atoms. The lowest BCUT2D eigenvalue weighted by molar-refractivity contribution is -0.142. The first-order valence-corrected chi connectivity index (χ1v) is 6.96. The number of hydrogen-bond donors (Lipinski definition) is 1. The zero-order valence-corrected chi connectivity index (χ0v) is 11.8. The minimum Gasteiger partial charge on any atom is -0.480 e. The van der Waals surface area contributed by atoms with Gasteiger partial charge in [0.25, 0.3) is 0 Å². The second-order valence-electron chi connectivity index (χ2n) is 4.43. The summed E-state index contributed by atoms with van der Waals surface area (Å²) in [6.45, 7) is 1.84. The van der Waals surface area contributed by atoms with Crippen LogP contribution in [0.25, 0.3) is 0 Å². The molecule has 0 radical (unpaired) electrons. The molecule has 0 saturated carbocycles. The van der Waals surface area contributed by atoms with E-state index in [0.29, 0.717) is 6.42 Å². The van der Waals surface area contributed by atoms with Gasteiger partial charge in [-0.1, -0.05) is 12.1 Å². The van der Waals surface area contributed by atoms with Crippen LogP contribution in [0.1, 0.15) is 18.4 Å². The number of rotatable bonds is 4. The first-order valence-electron chi connectivity index (χ1n) is 5.88. The highest BCUT2D eigenvalue weighted by Gasteiger charge is 2.27. The number of carboxylic acids is 1. The minimum absolute atomic E-state index is 0.363. The van der Waals surface area contributed by atoms with Crippen molar-refractivity contribution in [2.75, 3.05) is 13.1 Å². The molecule has 0 amide bonds. The number of likely N-dealkylation sites (tertiary alicyclic amines) is 1. The van der Waals surface area contributed by atoms with Gasteiger partial charge in [0.05, 0.1) is 0 Å². The highest BCUT2D eigenvalue weighted by atomic mass is 127. The predicted molar refractivity (Wildman–Crippen MR) is 75.1 cm³/mol. The first-order chi connectivity index (χ1) is 8.16. The summed E-state index contributed by atoms with van der Waals surface area (Å²) in [6.07, 6.45) is 2.85. The second-order valence-corrected chi connectivity index (χ2v) is 5.67. The van der Waals surface area contributed by atoms with E-state index < -0.39 is 5.97 Å². The van der Waals surface area contributed by atoms with Crippen LogP contribution in [0, 0.1) is 3.57 Å². The van der Waals surface area contributed by atoms with Crippen molar-refractivity contribution in [3.63, 3.8) is 0 Å². The van der Waals surface area contributed by atoms with Gasteiger partial charge in [0.1, 0.15) is 6.04 Å². The van der Waals surface area contributed by atoms with Gasteiger partial charge in [0.2, 0.25) is 0 Å². The van der Waals surface area contributed by atoms with Crippen molar-refractivity contribution in [1.82, 2.24) is 4.90 Å². The molecule has 1 aliphatic rings. The van der Waals surface area contributed by atoms with E-state index in [2.05, 4.69) is 27.5 Å². The van der Waals surface area contributed by atoms with Crippen molar-refractivity contribution in [3.8, 4) is 0 Å². The number of carboxylic acid groups (broad SMARTS) is 1. The molecule has 1 heterocycles. The SMILES string of the molecule is O=C(O)[C@@H](Cc1ccc(I)cc1)N1CCCC1. The van der Waals surface area contributed by atoms with Crippen LogP contribution in [0.5, 0.6) is 0 Å². The van der Waals surface area contributed by atoms with Gasteiger partial charge in [-0.3, -0.25) is 9.69 Å². The average Bonchev–Trinajstić information content (AvgIpc) is 2.81. The predicted octanol–water partition coefficient (Wildman–Crippen LogP) is 2.38. The van der Waals surface area contributed by atoms with Crippen molar-refractivity contribution in [2.45, 2.75) is 25.3 Å². The van der Waals surface area contributed by atoms with Crippen LogP contribution < -0.4 is 0 Å². The molecule has 17 heavy (non-hydrogen) atoms. The number of halogens is 1. The molecular weight excluding hydrogens is 329 g/mol. The molecule has 1 saturated heterocycles. The Kier molecular flexibility index (Phi) is 4.39. The molecule has 1 aliphatic heterocycles. The average molecular weight is 345 g/mol. The van der Waals surface area contributed by atoms with Gasteiger partial charge >= 0.3 is 5.97 Å². The smallest absolute Gasteiger partial charge is 0.321 e. The molecule has 1 aromatic carbocycles. The highest BCUT2D eigenvalue weighted by Crippen LogP contribution is 2.17. The largest absolute Gasteiger partial charge is 0.480 e. The fraction of sp³-hybridized carbons (Fsp3) is 0.462. The van der Waals surface area contributed by atoms with Crippen molar-refractivity contribution in [3.05, 3.63) is 33.4 Å². The van der Waals surface area contributed by atoms with Crippen molar-refractivity contribution in [1.29, 1.82) is 0 Å². The molecule has 0 spiro atoms. The third-order valence-electron chi connectivity index (χ3n) is 3.21. The zero-order valence-electron chi connectivity index (χ0n) is 9.60. The van der Waals surface area contributed by atoms with E-state index in [0.717, 1.165) is 31.5 Å². The fourth-order valence-electron chi connectivity index (χ4n) is 2.27. The maximum atomic E-state index is 11.3. The summed E-state index contributed by atoms with van der Waals surface area (Å²) < 4.78 is 1.18. The molecule has 0 aromatic heterocycles. The quantitative estimate of drug-likeness (QED) is 0.852. The van der Waals surface area contributed by atoms with Gasteiger partial charge in [0.15, 0.2) is 0 Å². The molecular formula is C13H16INO2. The monoisotopic (exact) mass is 345 g/mol. The molecule has 92 valence electrons. The summed E-state index contributed by atoms with van der Waals surface area (Å²) in [6, 6.07) is 7.73. The van der Waals surface area contributed by atoms with E-state index in [4.69, 9.17) is 0 Å². The molecule has 2 rings (SSSR count). The van der Waals surface area contributed by atoms with Gasteiger partial charge < -0.3 is 5.11 Å². The molecule has 0 unspecified atom stereocenters. The maximum Gasteiger partial charge on any atom is 0.321 e. The maximum absolute atomic E-state index is 11.3. The molecule has 3 nitrogen and oxygen atoms in total. The topological polar surface area (TPSA) is 40.5 Å². The summed E-state index contributed by atoms with van der Waals surface area (Å²) in [5, 5.41) is 9.31. The Hall–Kier alpha value is -0.620. The number of benzene rings is 1. The zero-order chi connectivity index (χ0) is 12.3. The van der Waals surface area contributed by atoms with Crippen molar-refractivity contribution in [2.24, 2.45) is 0 Å². The Labute approximate surface area is 115 Å². The van der Waals surface area contributed by atoms with Crippen LogP contribution in [-0.4, -0.2) is 35.1 Å². The Bertz CT molecular complexity index is 385. The van der Waals surface area contributed by atoms with Crippen LogP contribution >= 0.6 is 22.6 Å². The van der Waals surface area contributed by atoms with Gasteiger partial charge in [0, 0.05) is 3.57 Å². The van der Waals surface area contributed by atoms with E-state index in [-0.39, 0.29) is 6.04 Å². The fourth-order valence-corrected chi connectivity index (χ4v) is 2.63. The second kappa shape index (κ2) is 5.82. The normalized spacial score (nSPS) is 18.2. The van der Waals surface area contributed by atoms with E-state index in [9.17, 15) is 9.90 Å². The van der Waals surface area contributed by atoms with E-state index in [1.54, 1.807) is 0 Å². The molecule has 1 fully saturated rings. The molecule has 0 aliphatic carbocycles. The summed E-state index contributed by atoms with van der Waals surface area (Å²) in [5.41, 5.74) is 1.10. The standard InChI is InChI=1S/C13H16INO2/c14-11-5-3-10(4-6-11)9-12(13(16)17)15-7-1-2-8-15/h3-6,12H,1-2,7-9H2,(H,16,17)/t12-/m1/s1. The van der Waals surface area contributed by atoms with Gasteiger partial charge in [-0.05, 0) is 72.6 Å². The van der Waals surface area contributed by atoms with Gasteiger partial charge in [-0.25, -0.2) is 0 Å². The summed E-state index contributed by atoms with van der Waals surface area (Å²) in [5.74, 6) is -0.703. The van der Waals surface area contributed by atoms with Crippen molar-refractivity contribution >= 4 is 28.6 Å². The van der Waals surface area contributed by atoms with E-state index in [1.165, 1.54) is 3.57 Å². The Morgan fingerprint density at radius 3 is 2.41 bits per heavy atom. The Balaban J connectivity index is 2.06. The van der Waals surface area contributed by atoms with E-state index >= 15 is 0 Å². The highest BCUT2D eigenvalue weighted by molar-refractivity contribution is 14.1. The lowest BCUT2D eigenvalue weighted by Crippen LogP contribution is -2.40. The number of nitrogens with zero attached hydrogens (tertiary/aromatic N) is 1. The van der Waals surface area contributed by atoms with Crippen LogP contribution in [0.2, 0.25) is 0 Å². The summed E-state index contributed by atoms with van der Waals surface area (Å²) in [4.78, 5) is 13.4. The lowest BCUT2D eigenvalue weighted by atomic mass is 10.1. The van der Waals surface area contributed by atoms with E-state index in [1.807, 2.05) is 24.3 Å². The van der Waals surface area contributed by atoms with Gasteiger partial charge in [-0.2, -0.15) is 0 Å². The van der Waals surface area contributed by atoms with Crippen LogP contribution in [0.4, 0.5) is 0 Å². The van der Waals surface area contributed by atoms with Crippen LogP contribution in [-0.2, 0) is 11.2 Å².